The summed E-state index contributed by atoms with van der Waals surface area (Å²) in [5.41, 5.74) is 6.70. The number of carbonyl (C=O) groups excluding carboxylic acids is 3. The second-order valence-electron chi connectivity index (χ2n) is 8.84. The molecule has 0 aliphatic carbocycles. The minimum Gasteiger partial charge on any atom is -0.477 e. The molecule has 5 rings (SSSR count). The first-order valence-electron chi connectivity index (χ1n) is 11.8. The summed E-state index contributed by atoms with van der Waals surface area (Å²) in [4.78, 5) is 60.9. The number of carboxylic acid groups (broad SMARTS) is 1. The zero-order valence-corrected chi connectivity index (χ0v) is 21.9. The van der Waals surface area contributed by atoms with Crippen molar-refractivity contribution in [2.75, 3.05) is 18.0 Å². The number of pyridine rings is 1. The molecule has 2 fully saturated rings. The SMILES string of the molecule is Nc1nc(/C(=N/OC2CCNC2=O)C(=O)N[C@@H]2C(=O)N3C(C(=O)O)=C(C[n+]4ccc(CO)cc4)CS[C@@H]23)cs1. The van der Waals surface area contributed by atoms with Gasteiger partial charge in [0, 0.05) is 41.8 Å². The van der Waals surface area contributed by atoms with Gasteiger partial charge in [0.05, 0.1) is 6.61 Å². The number of nitrogen functional groups attached to an aromatic ring is 1. The number of rotatable bonds is 9. The number of aliphatic hydroxyl groups is 1. The summed E-state index contributed by atoms with van der Waals surface area (Å²) in [6.45, 7) is 0.548. The molecule has 3 amide bonds. The molecule has 14 nitrogen and oxygen atoms in total. The molecule has 0 bridgehead atoms. The standard InChI is InChI=1S/C23H23N7O7S2/c24-23-26-13(10-39-23)15(28-37-14-1-4-25-18(14)32)19(33)27-16-20(34)30-17(22(35)36)12(9-38-21(16)30)7-29-5-2-11(8-31)3-6-29/h2-3,5-6,10,14,16,21,31H,1,4,7-9H2,(H4-,24,25,26,27,32,33,35,36)/p+1/b28-15-/t14?,16-,21+/m1/s1. The zero-order chi connectivity index (χ0) is 27.7. The number of nitrogens with one attached hydrogen (secondary N) is 2. The number of β-lactam (4-membered cyclic amide) rings is 1. The third-order valence-electron chi connectivity index (χ3n) is 6.30. The molecular formula is C23H24N7O7S2+. The summed E-state index contributed by atoms with van der Waals surface area (Å²) < 4.78 is 1.76. The lowest BCUT2D eigenvalue weighted by atomic mass is 10.0. The van der Waals surface area contributed by atoms with Gasteiger partial charge in [0.15, 0.2) is 29.8 Å². The molecular weight excluding hydrogens is 550 g/mol. The summed E-state index contributed by atoms with van der Waals surface area (Å²) in [7, 11) is 0. The van der Waals surface area contributed by atoms with Crippen molar-refractivity contribution < 1.29 is 38.8 Å². The number of aromatic nitrogens is 2. The van der Waals surface area contributed by atoms with Gasteiger partial charge in [0.2, 0.25) is 6.10 Å². The van der Waals surface area contributed by atoms with E-state index in [2.05, 4.69) is 20.8 Å². The van der Waals surface area contributed by atoms with Crippen LogP contribution in [0.1, 0.15) is 17.7 Å². The lowest BCUT2D eigenvalue weighted by molar-refractivity contribution is -0.689. The van der Waals surface area contributed by atoms with E-state index in [0.717, 1.165) is 11.3 Å². The summed E-state index contributed by atoms with van der Waals surface area (Å²) in [6.07, 6.45) is 2.96. The average Bonchev–Trinajstić information content (AvgIpc) is 3.54. The third-order valence-corrected chi connectivity index (χ3v) is 8.32. The highest BCUT2D eigenvalue weighted by Crippen LogP contribution is 2.40. The number of hydrogen-bond acceptors (Lipinski definition) is 11. The van der Waals surface area contributed by atoms with Gasteiger partial charge < -0.3 is 31.4 Å². The molecule has 2 saturated heterocycles. The maximum Gasteiger partial charge on any atom is 0.352 e. The number of nitrogens with two attached hydrogens (primary N) is 1. The fourth-order valence-corrected chi connectivity index (χ4v) is 6.21. The first-order valence-corrected chi connectivity index (χ1v) is 13.7. The average molecular weight is 575 g/mol. The van der Waals surface area contributed by atoms with Crippen LogP contribution in [0.4, 0.5) is 5.13 Å². The van der Waals surface area contributed by atoms with Crippen LogP contribution < -0.4 is 20.9 Å². The maximum absolute atomic E-state index is 13.2. The van der Waals surface area contributed by atoms with Crippen molar-refractivity contribution >= 4 is 57.6 Å². The molecule has 0 radical (unpaired) electrons. The molecule has 0 saturated carbocycles. The molecule has 2 aromatic heterocycles. The van der Waals surface area contributed by atoms with Crippen molar-refractivity contribution in [1.82, 2.24) is 20.5 Å². The fourth-order valence-electron chi connectivity index (χ4n) is 4.32. The van der Waals surface area contributed by atoms with Gasteiger partial charge in [-0.15, -0.1) is 23.1 Å². The smallest absolute Gasteiger partial charge is 0.352 e. The highest BCUT2D eigenvalue weighted by atomic mass is 32.2. The first kappa shape index (κ1) is 26.6. The van der Waals surface area contributed by atoms with Crippen molar-refractivity contribution in [3.05, 3.63) is 52.4 Å². The van der Waals surface area contributed by atoms with Crippen molar-refractivity contribution in [3.8, 4) is 0 Å². The van der Waals surface area contributed by atoms with Gasteiger partial charge in [0.25, 0.3) is 17.7 Å². The molecule has 1 unspecified atom stereocenters. The molecule has 2 aromatic rings. The van der Waals surface area contributed by atoms with Gasteiger partial charge in [0.1, 0.15) is 22.8 Å². The van der Waals surface area contributed by atoms with Crippen molar-refractivity contribution in [1.29, 1.82) is 0 Å². The summed E-state index contributed by atoms with van der Waals surface area (Å²) >= 11 is 2.41. The second-order valence-corrected chi connectivity index (χ2v) is 10.8. The molecule has 204 valence electrons. The second kappa shape index (κ2) is 11.0. The minimum atomic E-state index is -1.25. The minimum absolute atomic E-state index is 0.110. The zero-order valence-electron chi connectivity index (χ0n) is 20.3. The lowest BCUT2D eigenvalue weighted by Crippen LogP contribution is -2.71. The van der Waals surface area contributed by atoms with E-state index < -0.39 is 35.3 Å². The number of aliphatic hydroxyl groups excluding tert-OH is 1. The van der Waals surface area contributed by atoms with Crippen LogP contribution >= 0.6 is 23.1 Å². The number of thiazole rings is 1. The van der Waals surface area contributed by atoms with Crippen LogP contribution in [0, 0.1) is 0 Å². The molecule has 3 atom stereocenters. The monoisotopic (exact) mass is 574 g/mol. The Morgan fingerprint density at radius 2 is 2.10 bits per heavy atom. The molecule has 3 aliphatic rings. The Balaban J connectivity index is 1.33. The summed E-state index contributed by atoms with van der Waals surface area (Å²) in [6, 6.07) is 2.43. The number of anilines is 1. The van der Waals surface area contributed by atoms with Crippen molar-refractivity contribution in [2.24, 2.45) is 5.16 Å². The van der Waals surface area contributed by atoms with E-state index >= 15 is 0 Å². The van der Waals surface area contributed by atoms with Gasteiger partial charge in [-0.3, -0.25) is 19.3 Å². The number of oxime groups is 1. The predicted molar refractivity (Wildman–Crippen MR) is 138 cm³/mol. The number of carbonyl (C=O) groups is 4. The van der Waals surface area contributed by atoms with E-state index in [1.54, 1.807) is 29.1 Å². The fraction of sp³-hybridized carbons (Fsp3) is 0.348. The third kappa shape index (κ3) is 5.30. The quantitative estimate of drug-likeness (QED) is 0.102. The normalized spacial score (nSPS) is 22.7. The largest absolute Gasteiger partial charge is 0.477 e. The topological polar surface area (TPSA) is 200 Å². The molecule has 39 heavy (non-hydrogen) atoms. The maximum atomic E-state index is 13.2. The summed E-state index contributed by atoms with van der Waals surface area (Å²) in [5, 5.41) is 29.3. The Kier molecular flexibility index (Phi) is 7.49. The highest BCUT2D eigenvalue weighted by molar-refractivity contribution is 8.00. The summed E-state index contributed by atoms with van der Waals surface area (Å²) in [5.74, 6) is -2.64. The Morgan fingerprint density at radius 3 is 2.72 bits per heavy atom. The number of fused-ring (bicyclic) bond motifs is 1. The van der Waals surface area contributed by atoms with Crippen LogP contribution in [0.3, 0.4) is 0 Å². The van der Waals surface area contributed by atoms with Crippen LogP contribution in [0.2, 0.25) is 0 Å². The van der Waals surface area contributed by atoms with Gasteiger partial charge in [-0.05, 0) is 5.56 Å². The number of hydrogen-bond donors (Lipinski definition) is 5. The molecule has 5 heterocycles. The highest BCUT2D eigenvalue weighted by Gasteiger charge is 2.54. The van der Waals surface area contributed by atoms with Crippen LogP contribution in [0.15, 0.2) is 46.3 Å². The van der Waals surface area contributed by atoms with Crippen molar-refractivity contribution in [3.63, 3.8) is 0 Å². The molecule has 6 N–H and O–H groups in total. The van der Waals surface area contributed by atoms with E-state index in [-0.39, 0.29) is 41.3 Å². The van der Waals surface area contributed by atoms with Gasteiger partial charge in [-0.25, -0.2) is 14.3 Å². The predicted octanol–water partition coefficient (Wildman–Crippen LogP) is -1.45. The Bertz CT molecular complexity index is 1390. The Morgan fingerprint density at radius 1 is 1.33 bits per heavy atom. The van der Waals surface area contributed by atoms with E-state index in [1.165, 1.54) is 22.0 Å². The molecule has 16 heteroatoms. The van der Waals surface area contributed by atoms with E-state index in [1.807, 2.05) is 0 Å². The van der Waals surface area contributed by atoms with Gasteiger partial charge in [-0.1, -0.05) is 5.16 Å². The van der Waals surface area contributed by atoms with E-state index in [4.69, 9.17) is 10.6 Å². The number of nitrogens with zero attached hydrogens (tertiary/aromatic N) is 4. The molecule has 3 aliphatic heterocycles. The Labute approximate surface area is 229 Å². The lowest BCUT2D eigenvalue weighted by Gasteiger charge is -2.49. The Hall–Kier alpha value is -4.02. The number of carboxylic acids is 1. The number of aliphatic carboxylic acids is 1. The molecule has 0 spiro atoms. The first-order chi connectivity index (χ1) is 18.8. The van der Waals surface area contributed by atoms with Crippen LogP contribution in [0.25, 0.3) is 0 Å². The number of amides is 3. The van der Waals surface area contributed by atoms with E-state index in [0.29, 0.717) is 29.9 Å². The van der Waals surface area contributed by atoms with Crippen LogP contribution in [-0.2, 0) is 37.2 Å². The van der Waals surface area contributed by atoms with Crippen LogP contribution in [0.5, 0.6) is 0 Å². The van der Waals surface area contributed by atoms with Crippen LogP contribution in [-0.4, -0.2) is 79.3 Å². The van der Waals surface area contributed by atoms with Gasteiger partial charge >= 0.3 is 5.97 Å². The number of thioether (sulfide) groups is 1. The van der Waals surface area contributed by atoms with E-state index in [9.17, 15) is 29.4 Å². The van der Waals surface area contributed by atoms with Crippen molar-refractivity contribution in [2.45, 2.75) is 37.1 Å². The molecule has 0 aromatic carbocycles. The van der Waals surface area contributed by atoms with Gasteiger partial charge in [-0.2, -0.15) is 0 Å².